The quantitative estimate of drug-likeness (QED) is 0.125. The van der Waals surface area contributed by atoms with Crippen molar-refractivity contribution in [3.8, 4) is 23.1 Å². The summed E-state index contributed by atoms with van der Waals surface area (Å²) in [6.07, 6.45) is 12.2. The van der Waals surface area contributed by atoms with Gasteiger partial charge in [0.05, 0.1) is 35.8 Å². The van der Waals surface area contributed by atoms with Gasteiger partial charge in [-0.2, -0.15) is 10.2 Å². The van der Waals surface area contributed by atoms with Gasteiger partial charge < -0.3 is 13.9 Å². The third kappa shape index (κ3) is 9.51. The summed E-state index contributed by atoms with van der Waals surface area (Å²) >= 11 is 0. The highest BCUT2D eigenvalue weighted by Crippen LogP contribution is 2.23. The van der Waals surface area contributed by atoms with Crippen molar-refractivity contribution in [2.75, 3.05) is 13.2 Å². The van der Waals surface area contributed by atoms with Gasteiger partial charge in [0.25, 0.3) is 0 Å². The molecule has 40 heavy (non-hydrogen) atoms. The number of carbonyl (C=O) groups is 1. The van der Waals surface area contributed by atoms with E-state index in [2.05, 4.69) is 11.1 Å². The number of nitrogens with zero attached hydrogens (tertiary/aromatic N) is 2. The summed E-state index contributed by atoms with van der Waals surface area (Å²) in [5.41, 5.74) is 0.890. The Morgan fingerprint density at radius 1 is 0.925 bits per heavy atom. The first-order valence-corrected chi connectivity index (χ1v) is 14.6. The molecule has 0 fully saturated rings. The molecule has 7 nitrogen and oxygen atoms in total. The summed E-state index contributed by atoms with van der Waals surface area (Å²) in [6, 6.07) is 14.3. The third-order valence-corrected chi connectivity index (χ3v) is 7.33. The summed E-state index contributed by atoms with van der Waals surface area (Å²) in [5.74, 6) is 0.357. The molecule has 7 heteroatoms. The molecule has 2 aromatic heterocycles. The number of fused-ring (bicyclic) bond motifs is 1. The van der Waals surface area contributed by atoms with Crippen LogP contribution in [0.25, 0.3) is 22.2 Å². The van der Waals surface area contributed by atoms with Crippen LogP contribution in [0.4, 0.5) is 0 Å². The monoisotopic (exact) mass is 546 g/mol. The Hall–Kier alpha value is -3.66. The topological polar surface area (TPSA) is 102 Å². The molecule has 0 aliphatic heterocycles. The van der Waals surface area contributed by atoms with Crippen molar-refractivity contribution in [2.45, 2.75) is 91.4 Å². The molecule has 0 aliphatic rings. The van der Waals surface area contributed by atoms with Gasteiger partial charge in [-0.3, -0.25) is 4.79 Å². The first kappa shape index (κ1) is 30.9. The molecule has 2 heterocycles. The fraction of sp³-hybridized carbons (Fsp3) is 0.515. The lowest BCUT2D eigenvalue weighted by atomic mass is 9.91. The number of rotatable bonds is 17. The van der Waals surface area contributed by atoms with Gasteiger partial charge in [0, 0.05) is 11.5 Å². The third-order valence-electron chi connectivity index (χ3n) is 7.33. The van der Waals surface area contributed by atoms with E-state index in [1.165, 1.54) is 38.5 Å². The maximum Gasteiger partial charge on any atom is 0.345 e. The van der Waals surface area contributed by atoms with Gasteiger partial charge in [0.1, 0.15) is 0 Å². The Kier molecular flexibility index (Phi) is 12.2. The summed E-state index contributed by atoms with van der Waals surface area (Å²) in [6.45, 7) is 6.98. The van der Waals surface area contributed by atoms with Crippen LogP contribution in [0.5, 0.6) is 5.88 Å². The average Bonchev–Trinajstić information content (AvgIpc) is 2.96. The fourth-order valence-corrected chi connectivity index (χ4v) is 4.32. The van der Waals surface area contributed by atoms with Gasteiger partial charge in [-0.05, 0) is 62.9 Å². The van der Waals surface area contributed by atoms with E-state index in [4.69, 9.17) is 19.2 Å². The molecule has 0 N–H and O–H groups in total. The molecule has 0 radical (unpaired) electrons. The van der Waals surface area contributed by atoms with Gasteiger partial charge in [-0.15, -0.1) is 0 Å². The average molecular weight is 547 g/mol. The molecule has 0 spiro atoms. The minimum Gasteiger partial charge on any atom is -0.478 e. The van der Waals surface area contributed by atoms with E-state index >= 15 is 0 Å². The number of benzene rings is 1. The molecule has 1 aromatic carbocycles. The molecule has 3 rings (SSSR count). The zero-order valence-corrected chi connectivity index (χ0v) is 24.2. The smallest absolute Gasteiger partial charge is 0.345 e. The summed E-state index contributed by atoms with van der Waals surface area (Å²) in [4.78, 5) is 28.8. The van der Waals surface area contributed by atoms with Crippen LogP contribution in [0.1, 0.15) is 97.0 Å². The lowest BCUT2D eigenvalue weighted by molar-refractivity contribution is -0.154. The Morgan fingerprint density at radius 2 is 1.57 bits per heavy atom. The molecule has 0 saturated carbocycles. The summed E-state index contributed by atoms with van der Waals surface area (Å²) < 4.78 is 16.6. The minimum atomic E-state index is -0.496. The Bertz CT molecular complexity index is 1340. The number of hydrogen-bond donors (Lipinski definition) is 0. The number of esters is 1. The summed E-state index contributed by atoms with van der Waals surface area (Å²) in [5, 5.41) is 9.82. The fourth-order valence-electron chi connectivity index (χ4n) is 4.32. The largest absolute Gasteiger partial charge is 0.478 e. The van der Waals surface area contributed by atoms with Crippen molar-refractivity contribution in [3.63, 3.8) is 0 Å². The van der Waals surface area contributed by atoms with E-state index in [9.17, 15) is 9.59 Å². The SMILES string of the molecule is CCC(C)(C)C(=O)OCCCCCCCCCCCCOc1ccc2cc(-c3cccc(C#N)c3)c(=O)oc2n1. The highest BCUT2D eigenvalue weighted by Gasteiger charge is 2.26. The van der Waals surface area contributed by atoms with Crippen LogP contribution in [-0.4, -0.2) is 24.2 Å². The first-order chi connectivity index (χ1) is 19.3. The van der Waals surface area contributed by atoms with E-state index < -0.39 is 5.63 Å². The molecule has 214 valence electrons. The summed E-state index contributed by atoms with van der Waals surface area (Å²) in [7, 11) is 0. The number of pyridine rings is 1. The minimum absolute atomic E-state index is 0.0860. The Labute approximate surface area is 237 Å². The molecule has 0 atom stereocenters. The number of ether oxygens (including phenoxy) is 2. The van der Waals surface area contributed by atoms with Crippen LogP contribution in [0.2, 0.25) is 0 Å². The molecule has 0 bridgehead atoms. The van der Waals surface area contributed by atoms with Crippen LogP contribution >= 0.6 is 0 Å². The van der Waals surface area contributed by atoms with E-state index in [-0.39, 0.29) is 17.1 Å². The van der Waals surface area contributed by atoms with Crippen molar-refractivity contribution in [2.24, 2.45) is 5.41 Å². The van der Waals surface area contributed by atoms with Gasteiger partial charge in [0.2, 0.25) is 11.6 Å². The van der Waals surface area contributed by atoms with E-state index in [0.29, 0.717) is 41.2 Å². The van der Waals surface area contributed by atoms with E-state index in [0.717, 1.165) is 32.1 Å². The van der Waals surface area contributed by atoms with Crippen molar-refractivity contribution < 1.29 is 18.7 Å². The van der Waals surface area contributed by atoms with Crippen molar-refractivity contribution in [3.05, 3.63) is 58.4 Å². The van der Waals surface area contributed by atoms with Gasteiger partial charge >= 0.3 is 11.6 Å². The van der Waals surface area contributed by atoms with E-state index in [1.807, 2.05) is 26.8 Å². The van der Waals surface area contributed by atoms with Crippen LogP contribution < -0.4 is 10.4 Å². The van der Waals surface area contributed by atoms with Crippen molar-refractivity contribution in [1.82, 2.24) is 4.98 Å². The second-order valence-corrected chi connectivity index (χ2v) is 10.9. The number of hydrogen-bond acceptors (Lipinski definition) is 7. The standard InChI is InChI=1S/C33H42N2O5/c1-4-33(2,3)32(37)39-21-14-12-10-8-6-5-7-9-11-13-20-38-29-19-18-27-23-28(31(36)40-30(27)35-29)26-17-15-16-25(22-26)24-34/h15-19,22-23H,4-14,20-21H2,1-3H3. The van der Waals surface area contributed by atoms with Crippen LogP contribution in [0, 0.1) is 16.7 Å². The molecular weight excluding hydrogens is 504 g/mol. The number of unbranched alkanes of at least 4 members (excludes halogenated alkanes) is 9. The van der Waals surface area contributed by atoms with Crippen LogP contribution in [-0.2, 0) is 9.53 Å². The van der Waals surface area contributed by atoms with Crippen LogP contribution in [0.15, 0.2) is 51.7 Å². The highest BCUT2D eigenvalue weighted by atomic mass is 16.5. The molecular formula is C33H42N2O5. The number of aromatic nitrogens is 1. The zero-order valence-electron chi connectivity index (χ0n) is 24.2. The Morgan fingerprint density at radius 3 is 2.23 bits per heavy atom. The highest BCUT2D eigenvalue weighted by molar-refractivity contribution is 5.79. The van der Waals surface area contributed by atoms with E-state index in [1.54, 1.807) is 36.4 Å². The van der Waals surface area contributed by atoms with Crippen LogP contribution in [0.3, 0.4) is 0 Å². The normalized spacial score (nSPS) is 11.3. The van der Waals surface area contributed by atoms with Gasteiger partial charge in [-0.1, -0.05) is 70.4 Å². The molecule has 0 amide bonds. The second kappa shape index (κ2) is 15.8. The first-order valence-electron chi connectivity index (χ1n) is 14.6. The Balaban J connectivity index is 1.26. The van der Waals surface area contributed by atoms with Gasteiger partial charge in [-0.25, -0.2) is 4.79 Å². The second-order valence-electron chi connectivity index (χ2n) is 10.9. The molecule has 3 aromatic rings. The lowest BCUT2D eigenvalue weighted by Gasteiger charge is -2.20. The predicted molar refractivity (Wildman–Crippen MR) is 157 cm³/mol. The zero-order chi connectivity index (χ0) is 28.8. The predicted octanol–water partition coefficient (Wildman–Crippen LogP) is 7.99. The number of carbonyl (C=O) groups excluding carboxylic acids is 1. The molecule has 0 aliphatic carbocycles. The van der Waals surface area contributed by atoms with Crippen molar-refractivity contribution >= 4 is 17.1 Å². The van der Waals surface area contributed by atoms with Crippen molar-refractivity contribution in [1.29, 1.82) is 5.26 Å². The lowest BCUT2D eigenvalue weighted by Crippen LogP contribution is -2.26. The molecule has 0 unspecified atom stereocenters. The maximum atomic E-state index is 12.5. The number of nitriles is 1. The maximum absolute atomic E-state index is 12.5. The molecule has 0 saturated heterocycles. The van der Waals surface area contributed by atoms with Gasteiger partial charge in [0.15, 0.2) is 0 Å².